The van der Waals surface area contributed by atoms with Crippen LogP contribution in [-0.4, -0.2) is 19.7 Å². The molecule has 0 fully saturated rings. The van der Waals surface area contributed by atoms with Gasteiger partial charge in [0.05, 0.1) is 0 Å². The van der Waals surface area contributed by atoms with E-state index in [1.807, 2.05) is 36.4 Å². The molecule has 0 aromatic heterocycles. The second-order valence-corrected chi connectivity index (χ2v) is 7.28. The fourth-order valence-corrected chi connectivity index (χ4v) is 3.06. The Kier molecular flexibility index (Phi) is 7.84. The smallest absolute Gasteiger partial charge is 0.526 e. The Balaban J connectivity index is 1.25. The standard InChI is InChI=1S/C26H22BN4O4/c32-25(28-19-9-3-1-4-10-19)30-21-13-7-15-23(17-21)34-27-35-24-16-8-14-22(18-24)31-26(33)29-20-11-5-2-6-12-20/h1-18H,(H2,28,30,32)(H2,29,31,33). The minimum Gasteiger partial charge on any atom is -0.526 e. The molecule has 173 valence electrons. The molecule has 0 aliphatic carbocycles. The zero-order valence-corrected chi connectivity index (χ0v) is 18.6. The van der Waals surface area contributed by atoms with E-state index in [4.69, 9.17) is 9.31 Å². The second-order valence-electron chi connectivity index (χ2n) is 7.28. The molecular formula is C26H22BN4O4. The minimum absolute atomic E-state index is 0.366. The number of anilines is 4. The summed E-state index contributed by atoms with van der Waals surface area (Å²) in [6.45, 7) is 0. The van der Waals surface area contributed by atoms with Gasteiger partial charge >= 0.3 is 19.7 Å². The van der Waals surface area contributed by atoms with Gasteiger partial charge < -0.3 is 30.6 Å². The average molecular weight is 465 g/mol. The highest BCUT2D eigenvalue weighted by molar-refractivity contribution is 6.20. The lowest BCUT2D eigenvalue weighted by Gasteiger charge is -2.11. The Morgan fingerprint density at radius 2 is 0.857 bits per heavy atom. The van der Waals surface area contributed by atoms with Crippen LogP contribution in [0.4, 0.5) is 32.3 Å². The molecule has 4 N–H and O–H groups in total. The topological polar surface area (TPSA) is 101 Å². The molecule has 4 amide bonds. The van der Waals surface area contributed by atoms with E-state index in [1.54, 1.807) is 72.8 Å². The van der Waals surface area contributed by atoms with Crippen molar-refractivity contribution in [2.45, 2.75) is 0 Å². The lowest BCUT2D eigenvalue weighted by Crippen LogP contribution is -2.19. The summed E-state index contributed by atoms with van der Waals surface area (Å²) in [6, 6.07) is 31.3. The zero-order valence-electron chi connectivity index (χ0n) is 18.6. The highest BCUT2D eigenvalue weighted by Gasteiger charge is 2.07. The third-order valence-electron chi connectivity index (χ3n) is 4.62. The third-order valence-corrected chi connectivity index (χ3v) is 4.62. The van der Waals surface area contributed by atoms with Gasteiger partial charge in [-0.25, -0.2) is 9.59 Å². The fourth-order valence-electron chi connectivity index (χ4n) is 3.06. The molecule has 1 radical (unpaired) electrons. The highest BCUT2D eigenvalue weighted by Crippen LogP contribution is 2.20. The number of carbonyl (C=O) groups is 2. The van der Waals surface area contributed by atoms with Crippen molar-refractivity contribution in [1.82, 2.24) is 0 Å². The first-order chi connectivity index (χ1) is 17.1. The van der Waals surface area contributed by atoms with Gasteiger partial charge in [-0.3, -0.25) is 0 Å². The number of carbonyl (C=O) groups excluding carboxylic acids is 2. The summed E-state index contributed by atoms with van der Waals surface area (Å²) < 4.78 is 11.1. The molecule has 0 saturated heterocycles. The van der Waals surface area contributed by atoms with E-state index in [2.05, 4.69) is 21.3 Å². The number of rotatable bonds is 8. The van der Waals surface area contributed by atoms with E-state index in [0.29, 0.717) is 34.2 Å². The molecule has 4 aromatic carbocycles. The van der Waals surface area contributed by atoms with Gasteiger partial charge in [0.15, 0.2) is 0 Å². The third kappa shape index (κ3) is 7.57. The Morgan fingerprint density at radius 1 is 0.486 bits per heavy atom. The molecule has 0 aliphatic heterocycles. The zero-order chi connectivity index (χ0) is 24.3. The van der Waals surface area contributed by atoms with Crippen molar-refractivity contribution in [3.8, 4) is 11.5 Å². The van der Waals surface area contributed by atoms with Gasteiger partial charge in [0, 0.05) is 34.9 Å². The van der Waals surface area contributed by atoms with Crippen molar-refractivity contribution in [3.63, 3.8) is 0 Å². The molecule has 0 bridgehead atoms. The van der Waals surface area contributed by atoms with Crippen molar-refractivity contribution >= 4 is 42.5 Å². The second kappa shape index (κ2) is 11.8. The molecule has 0 aliphatic rings. The summed E-state index contributed by atoms with van der Waals surface area (Å²) in [4.78, 5) is 24.3. The molecule has 0 unspecified atom stereocenters. The lowest BCUT2D eigenvalue weighted by molar-refractivity contribution is 0.261. The SMILES string of the molecule is O=C(Nc1ccccc1)Nc1cccc(O[B]Oc2cccc(NC(=O)Nc3ccccc3)c2)c1. The number of para-hydroxylation sites is 2. The maximum absolute atomic E-state index is 12.2. The summed E-state index contributed by atoms with van der Waals surface area (Å²) in [7, 11) is 1.17. The van der Waals surface area contributed by atoms with E-state index < -0.39 is 0 Å². The van der Waals surface area contributed by atoms with Crippen molar-refractivity contribution in [2.75, 3.05) is 21.3 Å². The van der Waals surface area contributed by atoms with Gasteiger partial charge in [-0.2, -0.15) is 0 Å². The Morgan fingerprint density at radius 3 is 1.29 bits per heavy atom. The van der Waals surface area contributed by atoms with Gasteiger partial charge in [0.1, 0.15) is 11.5 Å². The fraction of sp³-hybridized carbons (Fsp3) is 0. The van der Waals surface area contributed by atoms with Crippen LogP contribution in [0, 0.1) is 0 Å². The monoisotopic (exact) mass is 465 g/mol. The number of benzene rings is 4. The van der Waals surface area contributed by atoms with Gasteiger partial charge in [-0.1, -0.05) is 48.5 Å². The molecule has 35 heavy (non-hydrogen) atoms. The van der Waals surface area contributed by atoms with Gasteiger partial charge in [0.2, 0.25) is 0 Å². The Labute approximate surface area is 203 Å². The van der Waals surface area contributed by atoms with Crippen LogP contribution in [0.2, 0.25) is 0 Å². The lowest BCUT2D eigenvalue weighted by atomic mass is 10.2. The van der Waals surface area contributed by atoms with Crippen molar-refractivity contribution in [1.29, 1.82) is 0 Å². The molecule has 4 rings (SSSR count). The minimum atomic E-state index is -0.366. The van der Waals surface area contributed by atoms with Gasteiger partial charge in [-0.15, -0.1) is 0 Å². The van der Waals surface area contributed by atoms with Crippen LogP contribution < -0.4 is 30.6 Å². The molecule has 0 saturated carbocycles. The summed E-state index contributed by atoms with van der Waals surface area (Å²) in [6.07, 6.45) is 0. The average Bonchev–Trinajstić information content (AvgIpc) is 2.86. The van der Waals surface area contributed by atoms with Crippen molar-refractivity contribution < 1.29 is 18.9 Å². The van der Waals surface area contributed by atoms with E-state index in [9.17, 15) is 9.59 Å². The van der Waals surface area contributed by atoms with E-state index in [1.165, 1.54) is 7.69 Å². The van der Waals surface area contributed by atoms with Crippen molar-refractivity contribution in [3.05, 3.63) is 109 Å². The molecule has 0 atom stereocenters. The van der Waals surface area contributed by atoms with Crippen LogP contribution in [0.25, 0.3) is 0 Å². The molecule has 0 heterocycles. The number of nitrogens with one attached hydrogen (secondary N) is 4. The molecule has 4 aromatic rings. The number of hydrogen-bond donors (Lipinski definition) is 4. The maximum atomic E-state index is 12.2. The van der Waals surface area contributed by atoms with Gasteiger partial charge in [-0.05, 0) is 48.5 Å². The predicted octanol–water partition coefficient (Wildman–Crippen LogP) is 5.97. The first-order valence-corrected chi connectivity index (χ1v) is 10.8. The van der Waals surface area contributed by atoms with Crippen LogP contribution in [0.5, 0.6) is 11.5 Å². The van der Waals surface area contributed by atoms with Crippen LogP contribution in [-0.2, 0) is 0 Å². The van der Waals surface area contributed by atoms with Crippen LogP contribution in [0.3, 0.4) is 0 Å². The predicted molar refractivity (Wildman–Crippen MR) is 138 cm³/mol. The van der Waals surface area contributed by atoms with E-state index >= 15 is 0 Å². The number of hydrogen-bond acceptors (Lipinski definition) is 4. The summed E-state index contributed by atoms with van der Waals surface area (Å²) in [5.74, 6) is 0.943. The number of urea groups is 2. The largest absolute Gasteiger partial charge is 0.658 e. The van der Waals surface area contributed by atoms with Crippen LogP contribution in [0.15, 0.2) is 109 Å². The maximum Gasteiger partial charge on any atom is 0.658 e. The Hall–Kier alpha value is -4.92. The molecular weight excluding hydrogens is 443 g/mol. The van der Waals surface area contributed by atoms with Crippen molar-refractivity contribution in [2.24, 2.45) is 0 Å². The first kappa shape index (κ1) is 23.3. The van der Waals surface area contributed by atoms with Gasteiger partial charge in [0.25, 0.3) is 0 Å². The summed E-state index contributed by atoms with van der Waals surface area (Å²) >= 11 is 0. The first-order valence-electron chi connectivity index (χ1n) is 10.8. The summed E-state index contributed by atoms with van der Waals surface area (Å²) in [5, 5.41) is 11.0. The molecule has 0 spiro atoms. The van der Waals surface area contributed by atoms with Crippen LogP contribution >= 0.6 is 0 Å². The normalized spacial score (nSPS) is 9.94. The molecule has 9 heteroatoms. The number of amides is 4. The molecule has 8 nitrogen and oxygen atoms in total. The Bertz CT molecular complexity index is 1170. The van der Waals surface area contributed by atoms with Crippen LogP contribution in [0.1, 0.15) is 0 Å². The van der Waals surface area contributed by atoms with E-state index in [0.717, 1.165) is 0 Å². The van der Waals surface area contributed by atoms with E-state index in [-0.39, 0.29) is 12.1 Å². The summed E-state index contributed by atoms with van der Waals surface area (Å²) in [5.41, 5.74) is 2.49. The quantitative estimate of drug-likeness (QED) is 0.241. The highest BCUT2D eigenvalue weighted by atomic mass is 16.6.